The van der Waals surface area contributed by atoms with Gasteiger partial charge in [0.25, 0.3) is 5.69 Å². The van der Waals surface area contributed by atoms with Gasteiger partial charge in [0.05, 0.1) is 16.2 Å². The molecule has 2 rings (SSSR count). The summed E-state index contributed by atoms with van der Waals surface area (Å²) < 4.78 is 0. The molecule has 0 aliphatic carbocycles. The molecule has 1 N–H and O–H groups in total. The lowest BCUT2D eigenvalue weighted by atomic mass is 10.2. The largest absolute Gasteiger partial charge is 0.478 e. The molecule has 2 aromatic rings. The van der Waals surface area contributed by atoms with Crippen LogP contribution in [0.3, 0.4) is 0 Å². The number of carboxylic acid groups (broad SMARTS) is 1. The van der Waals surface area contributed by atoms with Crippen molar-refractivity contribution in [3.63, 3.8) is 0 Å². The first kappa shape index (κ1) is 13.9. The fourth-order valence-electron chi connectivity index (χ4n) is 1.45. The molecule has 0 saturated heterocycles. The highest BCUT2D eigenvalue weighted by Crippen LogP contribution is 2.26. The summed E-state index contributed by atoms with van der Waals surface area (Å²) >= 11 is 1.20. The molecular weight excluding hydrogens is 282 g/mol. The molecule has 0 amide bonds. The van der Waals surface area contributed by atoms with Gasteiger partial charge in [-0.2, -0.15) is 0 Å². The lowest BCUT2D eigenvalue weighted by Crippen LogP contribution is -2.03. The van der Waals surface area contributed by atoms with E-state index in [2.05, 4.69) is 9.97 Å². The number of benzene rings is 1. The van der Waals surface area contributed by atoms with E-state index < -0.39 is 10.9 Å². The van der Waals surface area contributed by atoms with Crippen LogP contribution in [0.15, 0.2) is 40.5 Å². The number of nitro groups is 1. The Hall–Kier alpha value is -2.48. The summed E-state index contributed by atoms with van der Waals surface area (Å²) in [6.07, 6.45) is 1.25. The van der Waals surface area contributed by atoms with Crippen LogP contribution < -0.4 is 0 Å². The Labute approximate surface area is 117 Å². The average Bonchev–Trinajstić information content (AvgIpc) is 2.39. The highest BCUT2D eigenvalue weighted by atomic mass is 32.2. The second-order valence-corrected chi connectivity index (χ2v) is 4.85. The Kier molecular flexibility index (Phi) is 3.94. The Morgan fingerprint density at radius 1 is 1.35 bits per heavy atom. The van der Waals surface area contributed by atoms with Crippen LogP contribution in [0.4, 0.5) is 5.69 Å². The highest BCUT2D eigenvalue weighted by molar-refractivity contribution is 7.99. The minimum Gasteiger partial charge on any atom is -0.478 e. The van der Waals surface area contributed by atoms with Gasteiger partial charge in [-0.15, -0.1) is 0 Å². The molecule has 0 saturated carbocycles. The number of nitrogens with zero attached hydrogens (tertiary/aromatic N) is 3. The van der Waals surface area contributed by atoms with Crippen molar-refractivity contribution in [2.24, 2.45) is 0 Å². The Morgan fingerprint density at radius 2 is 2.00 bits per heavy atom. The maximum atomic E-state index is 10.8. The third-order valence-corrected chi connectivity index (χ3v) is 3.33. The maximum Gasteiger partial charge on any atom is 0.339 e. The summed E-state index contributed by atoms with van der Waals surface area (Å²) in [4.78, 5) is 29.7. The average molecular weight is 291 g/mol. The van der Waals surface area contributed by atoms with Crippen molar-refractivity contribution in [2.75, 3.05) is 0 Å². The topological polar surface area (TPSA) is 106 Å². The quantitative estimate of drug-likeness (QED) is 0.524. The number of hydrogen-bond donors (Lipinski definition) is 1. The van der Waals surface area contributed by atoms with Crippen LogP contribution in [0.2, 0.25) is 0 Å². The SMILES string of the molecule is Cc1nc(Sc2ccc([N+](=O)[O-])cc2)ncc1C(=O)O. The number of hydrogen-bond acceptors (Lipinski definition) is 6. The fourth-order valence-corrected chi connectivity index (χ4v) is 2.22. The molecule has 0 atom stereocenters. The zero-order valence-corrected chi connectivity index (χ0v) is 11.1. The first-order chi connectivity index (χ1) is 9.47. The van der Waals surface area contributed by atoms with E-state index in [4.69, 9.17) is 5.11 Å². The van der Waals surface area contributed by atoms with Gasteiger partial charge >= 0.3 is 5.97 Å². The zero-order chi connectivity index (χ0) is 14.7. The van der Waals surface area contributed by atoms with Crippen LogP contribution in [-0.4, -0.2) is 26.0 Å². The van der Waals surface area contributed by atoms with Crippen LogP contribution in [0, 0.1) is 17.0 Å². The molecule has 0 aliphatic heterocycles. The third kappa shape index (κ3) is 3.09. The standard InChI is InChI=1S/C12H9N3O4S/c1-7-10(11(16)17)6-13-12(14-7)20-9-4-2-8(3-5-9)15(18)19/h2-6H,1H3,(H,16,17). The number of carbonyl (C=O) groups is 1. The molecule has 102 valence electrons. The molecule has 0 fully saturated rings. The van der Waals surface area contributed by atoms with E-state index >= 15 is 0 Å². The minimum absolute atomic E-state index is 0.00711. The van der Waals surface area contributed by atoms with Crippen LogP contribution in [-0.2, 0) is 0 Å². The minimum atomic E-state index is -1.07. The number of aromatic nitrogens is 2. The Balaban J connectivity index is 2.19. The van der Waals surface area contributed by atoms with Crippen LogP contribution in [0.1, 0.15) is 16.1 Å². The number of non-ortho nitro benzene ring substituents is 1. The third-order valence-electron chi connectivity index (χ3n) is 2.44. The predicted molar refractivity (Wildman–Crippen MR) is 70.9 cm³/mol. The summed E-state index contributed by atoms with van der Waals surface area (Å²) in [5, 5.41) is 19.8. The van der Waals surface area contributed by atoms with Crippen LogP contribution in [0.5, 0.6) is 0 Å². The molecule has 1 aromatic heterocycles. The normalized spacial score (nSPS) is 10.2. The van der Waals surface area contributed by atoms with Gasteiger partial charge in [-0.3, -0.25) is 10.1 Å². The monoisotopic (exact) mass is 291 g/mol. The summed E-state index contributed by atoms with van der Waals surface area (Å²) in [5.74, 6) is -1.07. The summed E-state index contributed by atoms with van der Waals surface area (Å²) in [6.45, 7) is 1.59. The van der Waals surface area contributed by atoms with Crippen molar-refractivity contribution >= 4 is 23.4 Å². The maximum absolute atomic E-state index is 10.8. The van der Waals surface area contributed by atoms with E-state index in [1.54, 1.807) is 19.1 Å². The van der Waals surface area contributed by atoms with E-state index in [0.717, 1.165) is 4.90 Å². The number of carboxylic acids is 1. The molecule has 0 aliphatic rings. The molecular formula is C12H9N3O4S. The molecule has 1 aromatic carbocycles. The number of aromatic carboxylic acids is 1. The smallest absolute Gasteiger partial charge is 0.339 e. The van der Waals surface area contributed by atoms with Crippen molar-refractivity contribution in [2.45, 2.75) is 17.0 Å². The van der Waals surface area contributed by atoms with Crippen LogP contribution >= 0.6 is 11.8 Å². The number of nitro benzene ring substituents is 1. The van der Waals surface area contributed by atoms with Gasteiger partial charge in [-0.25, -0.2) is 14.8 Å². The van der Waals surface area contributed by atoms with Crippen molar-refractivity contribution in [1.29, 1.82) is 0 Å². The molecule has 20 heavy (non-hydrogen) atoms. The first-order valence-corrected chi connectivity index (χ1v) is 6.28. The number of rotatable bonds is 4. The Morgan fingerprint density at radius 3 is 2.50 bits per heavy atom. The summed E-state index contributed by atoms with van der Waals surface area (Å²) in [7, 11) is 0. The predicted octanol–water partition coefficient (Wildman–Crippen LogP) is 2.54. The molecule has 0 bridgehead atoms. The highest BCUT2D eigenvalue weighted by Gasteiger charge is 2.11. The number of aryl methyl sites for hydroxylation is 1. The second-order valence-electron chi connectivity index (χ2n) is 3.81. The first-order valence-electron chi connectivity index (χ1n) is 5.46. The molecule has 7 nitrogen and oxygen atoms in total. The van der Waals surface area contributed by atoms with Crippen LogP contribution in [0.25, 0.3) is 0 Å². The summed E-state index contributed by atoms with van der Waals surface area (Å²) in [5.41, 5.74) is 0.433. The lowest BCUT2D eigenvalue weighted by molar-refractivity contribution is -0.384. The van der Waals surface area contributed by atoms with Crippen molar-refractivity contribution in [3.8, 4) is 0 Å². The van der Waals surface area contributed by atoms with Crippen molar-refractivity contribution < 1.29 is 14.8 Å². The van der Waals surface area contributed by atoms with Gasteiger partial charge in [-0.05, 0) is 30.8 Å². The van der Waals surface area contributed by atoms with E-state index in [1.807, 2.05) is 0 Å². The van der Waals surface area contributed by atoms with E-state index in [9.17, 15) is 14.9 Å². The Bertz CT molecular complexity index is 673. The van der Waals surface area contributed by atoms with Gasteiger partial charge in [-0.1, -0.05) is 0 Å². The zero-order valence-electron chi connectivity index (χ0n) is 10.3. The van der Waals surface area contributed by atoms with Gasteiger partial charge in [0.2, 0.25) is 0 Å². The van der Waals surface area contributed by atoms with Gasteiger partial charge in [0, 0.05) is 23.2 Å². The van der Waals surface area contributed by atoms with Crippen molar-refractivity contribution in [3.05, 3.63) is 51.8 Å². The van der Waals surface area contributed by atoms with Gasteiger partial charge < -0.3 is 5.11 Å². The van der Waals surface area contributed by atoms with Crippen molar-refractivity contribution in [1.82, 2.24) is 9.97 Å². The second kappa shape index (κ2) is 5.66. The molecule has 0 unspecified atom stereocenters. The van der Waals surface area contributed by atoms with E-state index in [0.29, 0.717) is 10.9 Å². The summed E-state index contributed by atoms with van der Waals surface area (Å²) in [6, 6.07) is 5.96. The molecule has 1 heterocycles. The van der Waals surface area contributed by atoms with Gasteiger partial charge in [0.1, 0.15) is 0 Å². The van der Waals surface area contributed by atoms with E-state index in [-0.39, 0.29) is 11.3 Å². The molecule has 8 heteroatoms. The van der Waals surface area contributed by atoms with E-state index in [1.165, 1.54) is 30.1 Å². The van der Waals surface area contributed by atoms with Gasteiger partial charge in [0.15, 0.2) is 5.16 Å². The molecule has 0 spiro atoms. The fraction of sp³-hybridized carbons (Fsp3) is 0.0833. The lowest BCUT2D eigenvalue weighted by Gasteiger charge is -2.03. The molecule has 0 radical (unpaired) electrons.